The summed E-state index contributed by atoms with van der Waals surface area (Å²) in [5.41, 5.74) is 0. The van der Waals surface area contributed by atoms with E-state index < -0.39 is 0 Å². The second kappa shape index (κ2) is 7.56. The van der Waals surface area contributed by atoms with E-state index in [0.717, 1.165) is 13.2 Å². The number of hydrogen-bond donors (Lipinski definition) is 0. The predicted octanol–water partition coefficient (Wildman–Crippen LogP) is 2.14. The number of ether oxygens (including phenoxy) is 1. The van der Waals surface area contributed by atoms with E-state index in [-0.39, 0.29) is 0 Å². The molecule has 0 saturated carbocycles. The van der Waals surface area contributed by atoms with Crippen LogP contribution in [0.3, 0.4) is 0 Å². The summed E-state index contributed by atoms with van der Waals surface area (Å²) in [5.74, 6) is 0. The van der Waals surface area contributed by atoms with Crippen LogP contribution in [0.25, 0.3) is 0 Å². The summed E-state index contributed by atoms with van der Waals surface area (Å²) >= 11 is 0. The van der Waals surface area contributed by atoms with Crippen LogP contribution in [0.2, 0.25) is 0 Å². The Balaban J connectivity index is 0.000000261. The summed E-state index contributed by atoms with van der Waals surface area (Å²) in [6.45, 7) is 6.23. The van der Waals surface area contributed by atoms with Gasteiger partial charge in [0, 0.05) is 12.6 Å². The van der Waals surface area contributed by atoms with Crippen LogP contribution >= 0.6 is 0 Å². The largest absolute Gasteiger partial charge is 0.380 e. The maximum Gasteiger partial charge on any atom is 0.0622 e. The van der Waals surface area contributed by atoms with E-state index in [4.69, 9.17) is 4.74 Å². The molecule has 1 fully saturated rings. The second-order valence-corrected chi connectivity index (χ2v) is 3.48. The van der Waals surface area contributed by atoms with Gasteiger partial charge in [0.05, 0.1) is 6.61 Å². The first-order chi connectivity index (χ1) is 5.72. The van der Waals surface area contributed by atoms with Gasteiger partial charge in [0.1, 0.15) is 0 Å². The van der Waals surface area contributed by atoms with Crippen molar-refractivity contribution in [2.24, 2.45) is 0 Å². The van der Waals surface area contributed by atoms with Crippen LogP contribution in [0, 0.1) is 0 Å². The SMILES string of the molecule is CCCC.CN(C)C1CCOC1. The highest BCUT2D eigenvalue weighted by Crippen LogP contribution is 2.07. The molecule has 74 valence electrons. The summed E-state index contributed by atoms with van der Waals surface area (Å²) in [5, 5.41) is 0. The van der Waals surface area contributed by atoms with Gasteiger partial charge in [-0.05, 0) is 20.5 Å². The Bertz CT molecular complexity index is 85.8. The fourth-order valence-electron chi connectivity index (χ4n) is 0.929. The zero-order chi connectivity index (χ0) is 9.40. The molecule has 0 bridgehead atoms. The maximum atomic E-state index is 5.18. The molecule has 1 aliphatic rings. The molecular weight excluding hydrogens is 150 g/mol. The highest BCUT2D eigenvalue weighted by Gasteiger charge is 2.16. The van der Waals surface area contributed by atoms with Crippen LogP contribution in [-0.2, 0) is 4.74 Å². The Hall–Kier alpha value is -0.0800. The van der Waals surface area contributed by atoms with Crippen LogP contribution in [0.4, 0.5) is 0 Å². The third-order valence-corrected chi connectivity index (χ3v) is 2.14. The van der Waals surface area contributed by atoms with Crippen LogP contribution in [-0.4, -0.2) is 38.3 Å². The molecule has 1 rings (SSSR count). The van der Waals surface area contributed by atoms with E-state index in [0.29, 0.717) is 6.04 Å². The predicted molar refractivity (Wildman–Crippen MR) is 53.5 cm³/mol. The Labute approximate surface area is 76.9 Å². The highest BCUT2D eigenvalue weighted by molar-refractivity contribution is 4.69. The Kier molecular flexibility index (Phi) is 7.51. The molecule has 2 heteroatoms. The first kappa shape index (κ1) is 11.9. The molecule has 0 radical (unpaired) electrons. The summed E-state index contributed by atoms with van der Waals surface area (Å²) in [7, 11) is 4.19. The molecule has 0 amide bonds. The highest BCUT2D eigenvalue weighted by atomic mass is 16.5. The number of likely N-dealkylation sites (N-methyl/N-ethyl adjacent to an activating group) is 1. The topological polar surface area (TPSA) is 12.5 Å². The van der Waals surface area contributed by atoms with Gasteiger partial charge in [-0.3, -0.25) is 0 Å². The van der Waals surface area contributed by atoms with Crippen molar-refractivity contribution in [1.82, 2.24) is 4.90 Å². The Morgan fingerprint density at radius 2 is 1.83 bits per heavy atom. The van der Waals surface area contributed by atoms with Crippen LogP contribution in [0.5, 0.6) is 0 Å². The number of unbranched alkanes of at least 4 members (excludes halogenated alkanes) is 1. The third kappa shape index (κ3) is 5.56. The van der Waals surface area contributed by atoms with E-state index in [2.05, 4.69) is 32.8 Å². The van der Waals surface area contributed by atoms with Gasteiger partial charge in [0.2, 0.25) is 0 Å². The van der Waals surface area contributed by atoms with Crippen molar-refractivity contribution in [1.29, 1.82) is 0 Å². The zero-order valence-corrected chi connectivity index (χ0v) is 8.97. The van der Waals surface area contributed by atoms with Crippen molar-refractivity contribution in [3.63, 3.8) is 0 Å². The molecule has 0 aromatic rings. The fraction of sp³-hybridized carbons (Fsp3) is 1.00. The fourth-order valence-corrected chi connectivity index (χ4v) is 0.929. The zero-order valence-electron chi connectivity index (χ0n) is 8.97. The molecule has 0 aliphatic carbocycles. The summed E-state index contributed by atoms with van der Waals surface area (Å²) in [6, 6.07) is 0.676. The average Bonchev–Trinajstić information content (AvgIpc) is 2.57. The van der Waals surface area contributed by atoms with Gasteiger partial charge in [-0.1, -0.05) is 26.7 Å². The summed E-state index contributed by atoms with van der Waals surface area (Å²) in [6.07, 6.45) is 3.84. The van der Waals surface area contributed by atoms with E-state index >= 15 is 0 Å². The van der Waals surface area contributed by atoms with Crippen LogP contribution < -0.4 is 0 Å². The molecule has 12 heavy (non-hydrogen) atoms. The van der Waals surface area contributed by atoms with E-state index in [1.807, 2.05) is 0 Å². The summed E-state index contributed by atoms with van der Waals surface area (Å²) < 4.78 is 5.18. The molecule has 0 spiro atoms. The lowest BCUT2D eigenvalue weighted by atomic mass is 10.2. The first-order valence-corrected chi connectivity index (χ1v) is 4.96. The first-order valence-electron chi connectivity index (χ1n) is 4.96. The van der Waals surface area contributed by atoms with Crippen LogP contribution in [0.1, 0.15) is 33.1 Å². The Morgan fingerprint density at radius 3 is 2.00 bits per heavy atom. The van der Waals surface area contributed by atoms with Crippen molar-refractivity contribution in [3.8, 4) is 0 Å². The number of nitrogens with zero attached hydrogens (tertiary/aromatic N) is 1. The van der Waals surface area contributed by atoms with Crippen molar-refractivity contribution >= 4 is 0 Å². The minimum atomic E-state index is 0.676. The van der Waals surface area contributed by atoms with Gasteiger partial charge in [0.15, 0.2) is 0 Å². The molecule has 0 N–H and O–H groups in total. The van der Waals surface area contributed by atoms with Gasteiger partial charge in [-0.25, -0.2) is 0 Å². The second-order valence-electron chi connectivity index (χ2n) is 3.48. The monoisotopic (exact) mass is 173 g/mol. The Morgan fingerprint density at radius 1 is 1.25 bits per heavy atom. The lowest BCUT2D eigenvalue weighted by Gasteiger charge is -2.15. The molecule has 0 aromatic heterocycles. The summed E-state index contributed by atoms with van der Waals surface area (Å²) in [4.78, 5) is 2.22. The van der Waals surface area contributed by atoms with Crippen molar-refractivity contribution in [2.75, 3.05) is 27.3 Å². The molecule has 1 heterocycles. The normalized spacial score (nSPS) is 22.2. The lowest BCUT2D eigenvalue weighted by molar-refractivity contribution is 0.170. The smallest absolute Gasteiger partial charge is 0.0622 e. The van der Waals surface area contributed by atoms with E-state index in [9.17, 15) is 0 Å². The minimum absolute atomic E-state index is 0.676. The standard InChI is InChI=1S/C6H13NO.C4H10/c1-7(2)6-3-4-8-5-6;1-3-4-2/h6H,3-5H2,1-2H3;3-4H2,1-2H3. The average molecular weight is 173 g/mol. The molecule has 1 atom stereocenters. The molecule has 1 aliphatic heterocycles. The molecular formula is C10H23NO. The molecule has 1 saturated heterocycles. The minimum Gasteiger partial charge on any atom is -0.380 e. The van der Waals surface area contributed by atoms with Crippen LogP contribution in [0.15, 0.2) is 0 Å². The quantitative estimate of drug-likeness (QED) is 0.634. The molecule has 2 nitrogen and oxygen atoms in total. The number of rotatable bonds is 2. The van der Waals surface area contributed by atoms with E-state index in [1.165, 1.54) is 19.3 Å². The molecule has 0 aromatic carbocycles. The molecule has 1 unspecified atom stereocenters. The number of hydrogen-bond acceptors (Lipinski definition) is 2. The van der Waals surface area contributed by atoms with E-state index in [1.54, 1.807) is 0 Å². The lowest BCUT2D eigenvalue weighted by Crippen LogP contribution is -2.27. The third-order valence-electron chi connectivity index (χ3n) is 2.14. The van der Waals surface area contributed by atoms with Crippen molar-refractivity contribution in [2.45, 2.75) is 39.2 Å². The van der Waals surface area contributed by atoms with Gasteiger partial charge < -0.3 is 9.64 Å². The van der Waals surface area contributed by atoms with Crippen molar-refractivity contribution in [3.05, 3.63) is 0 Å². The van der Waals surface area contributed by atoms with Gasteiger partial charge in [-0.15, -0.1) is 0 Å². The maximum absolute atomic E-state index is 5.18. The van der Waals surface area contributed by atoms with Gasteiger partial charge in [-0.2, -0.15) is 0 Å². The van der Waals surface area contributed by atoms with Gasteiger partial charge in [0.25, 0.3) is 0 Å². The van der Waals surface area contributed by atoms with Crippen molar-refractivity contribution < 1.29 is 4.74 Å². The van der Waals surface area contributed by atoms with Gasteiger partial charge >= 0.3 is 0 Å².